The maximum atomic E-state index is 15.2. The summed E-state index contributed by atoms with van der Waals surface area (Å²) in [4.78, 5) is 29.1. The average molecular weight is 649 g/mol. The zero-order valence-corrected chi connectivity index (χ0v) is 26.8. The van der Waals surface area contributed by atoms with Crippen molar-refractivity contribution in [3.05, 3.63) is 172 Å². The van der Waals surface area contributed by atoms with Crippen LogP contribution in [0.2, 0.25) is 5.02 Å². The van der Waals surface area contributed by atoms with E-state index in [0.29, 0.717) is 27.5 Å². The minimum Gasteiger partial charge on any atom is -0.497 e. The molecule has 0 aliphatic heterocycles. The SMILES string of the molecule is COc1ccc(COC(=O)C(c2ccccc2)(c2ccccc2)C(NC(=O)Cc2ccccc2)(C(N)=S)c2ccc(Cl)cc2)cc1. The highest BCUT2D eigenvalue weighted by molar-refractivity contribution is 7.80. The first kappa shape index (κ1) is 32.4. The zero-order chi connectivity index (χ0) is 32.6. The maximum absolute atomic E-state index is 15.2. The van der Waals surface area contributed by atoms with Gasteiger partial charge in [-0.1, -0.05) is 139 Å². The van der Waals surface area contributed by atoms with Crippen molar-refractivity contribution in [2.45, 2.75) is 24.0 Å². The van der Waals surface area contributed by atoms with Gasteiger partial charge in [0.15, 0.2) is 5.41 Å². The van der Waals surface area contributed by atoms with Gasteiger partial charge >= 0.3 is 5.97 Å². The highest BCUT2D eigenvalue weighted by atomic mass is 35.5. The predicted octanol–water partition coefficient (Wildman–Crippen LogP) is 6.92. The lowest BCUT2D eigenvalue weighted by Crippen LogP contribution is -2.69. The van der Waals surface area contributed by atoms with Crippen LogP contribution >= 0.6 is 23.8 Å². The van der Waals surface area contributed by atoms with Gasteiger partial charge in [0.25, 0.3) is 0 Å². The summed E-state index contributed by atoms with van der Waals surface area (Å²) in [5, 5.41) is 3.64. The van der Waals surface area contributed by atoms with Gasteiger partial charge in [-0.15, -0.1) is 0 Å². The molecule has 0 aliphatic carbocycles. The first-order chi connectivity index (χ1) is 22.3. The molecule has 0 bridgehead atoms. The second-order valence-electron chi connectivity index (χ2n) is 10.7. The Morgan fingerprint density at radius 2 is 1.24 bits per heavy atom. The number of esters is 1. The molecule has 0 heterocycles. The highest BCUT2D eigenvalue weighted by Crippen LogP contribution is 2.49. The minimum absolute atomic E-state index is 0.0132. The number of nitrogens with two attached hydrogens (primary N) is 1. The lowest BCUT2D eigenvalue weighted by atomic mass is 9.58. The van der Waals surface area contributed by atoms with E-state index < -0.39 is 22.8 Å². The second-order valence-corrected chi connectivity index (χ2v) is 11.6. The quantitative estimate of drug-likeness (QED) is 0.113. The van der Waals surface area contributed by atoms with Gasteiger partial charge in [-0.3, -0.25) is 9.59 Å². The number of benzene rings is 5. The van der Waals surface area contributed by atoms with Gasteiger partial charge in [0, 0.05) is 5.02 Å². The smallest absolute Gasteiger partial charge is 0.324 e. The molecule has 8 heteroatoms. The minimum atomic E-state index is -1.82. The predicted molar refractivity (Wildman–Crippen MR) is 185 cm³/mol. The summed E-state index contributed by atoms with van der Waals surface area (Å²) in [7, 11) is 1.58. The van der Waals surface area contributed by atoms with Gasteiger partial charge in [-0.25, -0.2) is 0 Å². The molecule has 5 aromatic rings. The molecular weight excluding hydrogens is 616 g/mol. The first-order valence-electron chi connectivity index (χ1n) is 14.6. The Morgan fingerprint density at radius 1 is 0.717 bits per heavy atom. The van der Waals surface area contributed by atoms with Crippen molar-refractivity contribution in [1.29, 1.82) is 0 Å². The van der Waals surface area contributed by atoms with Crippen LogP contribution in [0.3, 0.4) is 0 Å². The molecule has 0 aromatic heterocycles. The molecule has 0 aliphatic rings. The molecule has 0 spiro atoms. The van der Waals surface area contributed by atoms with Gasteiger partial charge in [-0.05, 0) is 52.1 Å². The highest BCUT2D eigenvalue weighted by Gasteiger charge is 2.63. The number of thiocarbonyl (C=S) groups is 1. The molecule has 5 rings (SSSR count). The molecule has 0 fully saturated rings. The fourth-order valence-corrected chi connectivity index (χ4v) is 6.30. The molecule has 6 nitrogen and oxygen atoms in total. The van der Waals surface area contributed by atoms with E-state index in [1.54, 1.807) is 43.5 Å². The van der Waals surface area contributed by atoms with Crippen LogP contribution in [0.4, 0.5) is 0 Å². The molecule has 0 saturated heterocycles. The van der Waals surface area contributed by atoms with E-state index in [4.69, 9.17) is 39.0 Å². The fourth-order valence-electron chi connectivity index (χ4n) is 5.85. The average Bonchev–Trinajstić information content (AvgIpc) is 3.09. The summed E-state index contributed by atoms with van der Waals surface area (Å²) >= 11 is 12.3. The Kier molecular flexibility index (Phi) is 10.2. The van der Waals surface area contributed by atoms with Crippen LogP contribution in [0.25, 0.3) is 0 Å². The van der Waals surface area contributed by atoms with E-state index in [2.05, 4.69) is 5.32 Å². The monoisotopic (exact) mass is 648 g/mol. The lowest BCUT2D eigenvalue weighted by Gasteiger charge is -2.49. The van der Waals surface area contributed by atoms with Gasteiger partial charge in [0.05, 0.1) is 13.5 Å². The Bertz CT molecular complexity index is 1750. The molecule has 1 atom stereocenters. The Labute approximate surface area is 279 Å². The van der Waals surface area contributed by atoms with Crippen molar-refractivity contribution in [1.82, 2.24) is 5.32 Å². The van der Waals surface area contributed by atoms with E-state index in [1.807, 2.05) is 103 Å². The van der Waals surface area contributed by atoms with Crippen LogP contribution in [-0.4, -0.2) is 24.0 Å². The number of halogens is 1. The standard InChI is InChI=1S/C38H33ClN2O4S/c1-44-33-23-17-28(18-24-33)26-45-36(43)37(29-13-7-3-8-14-29,30-15-9-4-10-16-30)38(35(40)46,31-19-21-32(39)22-20-31)41-34(42)25-27-11-5-2-6-12-27/h2-24H,25-26H2,1H3,(H2,40,46)(H,41,42). The van der Waals surface area contributed by atoms with Crippen LogP contribution in [0.5, 0.6) is 5.75 Å². The largest absolute Gasteiger partial charge is 0.497 e. The van der Waals surface area contributed by atoms with Gasteiger partial charge < -0.3 is 20.5 Å². The van der Waals surface area contributed by atoms with E-state index in [-0.39, 0.29) is 18.0 Å². The van der Waals surface area contributed by atoms with Gasteiger partial charge in [-0.2, -0.15) is 0 Å². The van der Waals surface area contributed by atoms with Crippen LogP contribution in [0.15, 0.2) is 140 Å². The third-order valence-corrected chi connectivity index (χ3v) is 8.55. The summed E-state index contributed by atoms with van der Waals surface area (Å²) in [5.74, 6) is -0.383. The van der Waals surface area contributed by atoms with Crippen LogP contribution in [0, 0.1) is 0 Å². The Morgan fingerprint density at radius 3 is 1.74 bits per heavy atom. The van der Waals surface area contributed by atoms with Crippen molar-refractivity contribution in [2.24, 2.45) is 5.73 Å². The summed E-state index contributed by atoms with van der Waals surface area (Å²) in [6, 6.07) is 41.6. The Hall–Kier alpha value is -4.98. The molecular formula is C38H33ClN2O4S. The number of ether oxygens (including phenoxy) is 2. The molecule has 0 radical (unpaired) electrons. The number of carbonyl (C=O) groups is 2. The Balaban J connectivity index is 1.78. The molecule has 46 heavy (non-hydrogen) atoms. The molecule has 1 unspecified atom stereocenters. The summed E-state index contributed by atoms with van der Waals surface area (Å²) in [5.41, 5.74) is 6.18. The third kappa shape index (κ3) is 6.38. The van der Waals surface area contributed by atoms with Crippen LogP contribution in [0.1, 0.15) is 27.8 Å². The van der Waals surface area contributed by atoms with Crippen molar-refractivity contribution < 1.29 is 19.1 Å². The van der Waals surface area contributed by atoms with Gasteiger partial charge in [0.1, 0.15) is 22.9 Å². The number of nitrogens with one attached hydrogen (secondary N) is 1. The summed E-state index contributed by atoms with van der Waals surface area (Å²) < 4.78 is 11.5. The van der Waals surface area contributed by atoms with Crippen LogP contribution in [-0.2, 0) is 38.3 Å². The van der Waals surface area contributed by atoms with E-state index in [9.17, 15) is 4.79 Å². The fraction of sp³-hybridized carbons (Fsp3) is 0.132. The normalized spacial score (nSPS) is 12.4. The third-order valence-electron chi connectivity index (χ3n) is 7.99. The lowest BCUT2D eigenvalue weighted by molar-refractivity contribution is -0.153. The van der Waals surface area contributed by atoms with Crippen molar-refractivity contribution in [2.75, 3.05) is 7.11 Å². The molecule has 1 amide bonds. The van der Waals surface area contributed by atoms with Crippen molar-refractivity contribution in [3.8, 4) is 5.75 Å². The number of amides is 1. The number of hydrogen-bond acceptors (Lipinski definition) is 5. The van der Waals surface area contributed by atoms with E-state index >= 15 is 4.79 Å². The summed E-state index contributed by atoms with van der Waals surface area (Å²) in [6.07, 6.45) is 0.0132. The van der Waals surface area contributed by atoms with Crippen molar-refractivity contribution >= 4 is 40.7 Å². The maximum Gasteiger partial charge on any atom is 0.324 e. The van der Waals surface area contributed by atoms with E-state index in [1.165, 1.54) is 0 Å². The molecule has 0 saturated carbocycles. The second kappa shape index (κ2) is 14.4. The summed E-state index contributed by atoms with van der Waals surface area (Å²) in [6.45, 7) is -0.0593. The molecule has 232 valence electrons. The van der Waals surface area contributed by atoms with E-state index in [0.717, 1.165) is 11.1 Å². The number of carbonyl (C=O) groups excluding carboxylic acids is 2. The first-order valence-corrected chi connectivity index (χ1v) is 15.4. The topological polar surface area (TPSA) is 90.6 Å². The van der Waals surface area contributed by atoms with Crippen molar-refractivity contribution in [3.63, 3.8) is 0 Å². The van der Waals surface area contributed by atoms with Crippen LogP contribution < -0.4 is 15.8 Å². The van der Waals surface area contributed by atoms with Gasteiger partial charge in [0.2, 0.25) is 5.91 Å². The molecule has 3 N–H and O–H groups in total. The number of rotatable bonds is 12. The number of hydrogen-bond donors (Lipinski definition) is 2. The molecule has 5 aromatic carbocycles. The zero-order valence-electron chi connectivity index (χ0n) is 25.2. The number of methoxy groups -OCH3 is 1.